The van der Waals surface area contributed by atoms with E-state index in [4.69, 9.17) is 28.4 Å². The zero-order chi connectivity index (χ0) is 43.6. The minimum absolute atomic E-state index is 0.255. The van der Waals surface area contributed by atoms with Crippen LogP contribution >= 0.6 is 0 Å². The topological polar surface area (TPSA) is 55.4 Å². The molecule has 2 aliphatic rings. The third-order valence-electron chi connectivity index (χ3n) is 14.1. The molecule has 2 fully saturated rings. The fourth-order valence-corrected chi connectivity index (χ4v) is 9.79. The molecule has 2 heterocycles. The minimum atomic E-state index is 0.255. The smallest absolute Gasteiger partial charge is 0.0722 e. The van der Waals surface area contributed by atoms with Crippen molar-refractivity contribution in [3.05, 3.63) is 132 Å². The van der Waals surface area contributed by atoms with Crippen molar-refractivity contribution in [3.63, 3.8) is 0 Å². The van der Waals surface area contributed by atoms with Crippen LogP contribution in [0.25, 0.3) is 65.3 Å². The summed E-state index contributed by atoms with van der Waals surface area (Å²) in [7, 11) is 0. The molecule has 0 N–H and O–H groups in total. The van der Waals surface area contributed by atoms with Crippen LogP contribution in [0.3, 0.4) is 0 Å². The van der Waals surface area contributed by atoms with E-state index in [9.17, 15) is 0 Å². The van der Waals surface area contributed by atoms with E-state index in [0.717, 1.165) is 117 Å². The molecule has 0 amide bonds. The number of hydrogen-bond donors (Lipinski definition) is 0. The van der Waals surface area contributed by atoms with E-state index in [1.54, 1.807) is 0 Å². The van der Waals surface area contributed by atoms with Crippen molar-refractivity contribution in [2.75, 3.05) is 66.1 Å². The number of unbranched alkanes of at least 4 members (excludes halogenated alkanes) is 4. The molecule has 0 aliphatic carbocycles. The summed E-state index contributed by atoms with van der Waals surface area (Å²) < 4.78 is 35.5. The van der Waals surface area contributed by atoms with Gasteiger partial charge in [0.25, 0.3) is 0 Å². The molecule has 6 nitrogen and oxygen atoms in total. The summed E-state index contributed by atoms with van der Waals surface area (Å²) in [6, 6.07) is 44.9. The van der Waals surface area contributed by atoms with Crippen molar-refractivity contribution < 1.29 is 28.4 Å². The zero-order valence-corrected chi connectivity index (χ0v) is 38.1. The first kappa shape index (κ1) is 44.5. The van der Waals surface area contributed by atoms with E-state index in [1.165, 1.54) is 76.5 Å². The average molecular weight is 859 g/mol. The second-order valence-electron chi connectivity index (χ2n) is 18.5. The normalized spacial score (nSPS) is 15.5. The van der Waals surface area contributed by atoms with E-state index in [-0.39, 0.29) is 10.8 Å². The molecule has 7 aromatic carbocycles. The van der Waals surface area contributed by atoms with Gasteiger partial charge in [0.05, 0.1) is 52.9 Å². The van der Waals surface area contributed by atoms with Gasteiger partial charge in [0.15, 0.2) is 0 Å². The monoisotopic (exact) mass is 858 g/mol. The van der Waals surface area contributed by atoms with Gasteiger partial charge in [0, 0.05) is 37.3 Å². The minimum Gasteiger partial charge on any atom is -0.381 e. The van der Waals surface area contributed by atoms with Crippen LogP contribution in [0.1, 0.15) is 76.3 Å². The molecule has 0 unspecified atom stereocenters. The Labute approximate surface area is 380 Å². The van der Waals surface area contributed by atoms with Gasteiger partial charge in [0.2, 0.25) is 0 Å². The second-order valence-corrected chi connectivity index (χ2v) is 18.5. The predicted molar refractivity (Wildman–Crippen MR) is 263 cm³/mol. The molecule has 64 heavy (non-hydrogen) atoms. The number of benzene rings is 7. The summed E-state index contributed by atoms with van der Waals surface area (Å²) in [5.41, 5.74) is 7.99. The third kappa shape index (κ3) is 9.65. The van der Waals surface area contributed by atoms with Crippen molar-refractivity contribution in [1.82, 2.24) is 0 Å². The van der Waals surface area contributed by atoms with Gasteiger partial charge in [-0.2, -0.15) is 0 Å². The number of fused-ring (bicyclic) bond motifs is 4. The van der Waals surface area contributed by atoms with Crippen LogP contribution in [-0.2, 0) is 41.6 Å². The highest BCUT2D eigenvalue weighted by Gasteiger charge is 2.37. The fraction of sp³-hybridized carbons (Fsp3) is 0.414. The van der Waals surface area contributed by atoms with Crippen LogP contribution in [-0.4, -0.2) is 66.1 Å². The Morgan fingerprint density at radius 3 is 1.03 bits per heavy atom. The van der Waals surface area contributed by atoms with Crippen LogP contribution in [0.15, 0.2) is 121 Å². The molecule has 0 atom stereocenters. The summed E-state index contributed by atoms with van der Waals surface area (Å²) in [4.78, 5) is 0. The van der Waals surface area contributed by atoms with E-state index in [0.29, 0.717) is 13.2 Å². The molecular weight excluding hydrogens is 793 g/mol. The summed E-state index contributed by atoms with van der Waals surface area (Å²) in [5, 5.41) is 10.00. The van der Waals surface area contributed by atoms with Gasteiger partial charge in [-0.15, -0.1) is 0 Å². The van der Waals surface area contributed by atoms with Gasteiger partial charge in [-0.05, 0) is 128 Å². The Hall–Kier alpha value is -4.66. The van der Waals surface area contributed by atoms with Crippen LogP contribution in [0, 0.1) is 10.8 Å². The van der Waals surface area contributed by atoms with Crippen LogP contribution < -0.4 is 0 Å². The van der Waals surface area contributed by atoms with Gasteiger partial charge in [0.1, 0.15) is 0 Å². The molecular formula is C58H66O6. The van der Waals surface area contributed by atoms with Gasteiger partial charge >= 0.3 is 0 Å². The van der Waals surface area contributed by atoms with Gasteiger partial charge in [-0.1, -0.05) is 135 Å². The van der Waals surface area contributed by atoms with Crippen molar-refractivity contribution in [1.29, 1.82) is 0 Å². The first-order chi connectivity index (χ1) is 31.6. The summed E-state index contributed by atoms with van der Waals surface area (Å²) in [6.45, 7) is 13.8. The predicted octanol–water partition coefficient (Wildman–Crippen LogP) is 13.9. The third-order valence-corrected chi connectivity index (χ3v) is 14.1. The van der Waals surface area contributed by atoms with Gasteiger partial charge in [-0.3, -0.25) is 0 Å². The fourth-order valence-electron chi connectivity index (χ4n) is 9.79. The first-order valence-electron chi connectivity index (χ1n) is 24.0. The molecule has 2 saturated heterocycles. The van der Waals surface area contributed by atoms with Crippen molar-refractivity contribution in [2.24, 2.45) is 10.8 Å². The van der Waals surface area contributed by atoms with E-state index in [1.807, 2.05) is 0 Å². The number of rotatable bonds is 24. The largest absolute Gasteiger partial charge is 0.381 e. The maximum absolute atomic E-state index is 6.32. The van der Waals surface area contributed by atoms with Crippen molar-refractivity contribution in [3.8, 4) is 22.3 Å². The Kier molecular flexibility index (Phi) is 14.7. The molecule has 0 radical (unpaired) electrons. The van der Waals surface area contributed by atoms with Crippen molar-refractivity contribution in [2.45, 2.75) is 78.4 Å². The van der Waals surface area contributed by atoms with Crippen molar-refractivity contribution >= 4 is 43.1 Å². The maximum atomic E-state index is 6.32. The lowest BCUT2D eigenvalue weighted by Gasteiger charge is -2.40. The van der Waals surface area contributed by atoms with Gasteiger partial charge in [-0.25, -0.2) is 0 Å². The summed E-state index contributed by atoms with van der Waals surface area (Å²) in [6.07, 6.45) is 8.64. The maximum Gasteiger partial charge on any atom is 0.0722 e. The lowest BCUT2D eigenvalue weighted by molar-refractivity contribution is -0.150. The van der Waals surface area contributed by atoms with Crippen LogP contribution in [0.4, 0.5) is 0 Å². The molecule has 6 heteroatoms. The highest BCUT2D eigenvalue weighted by atomic mass is 16.5. The Morgan fingerprint density at radius 1 is 0.375 bits per heavy atom. The second kappa shape index (κ2) is 21.1. The van der Waals surface area contributed by atoms with Gasteiger partial charge < -0.3 is 28.4 Å². The molecule has 0 saturated carbocycles. The van der Waals surface area contributed by atoms with E-state index >= 15 is 0 Å². The molecule has 7 aromatic rings. The molecule has 2 aliphatic heterocycles. The summed E-state index contributed by atoms with van der Waals surface area (Å²) >= 11 is 0. The van der Waals surface area contributed by atoms with Crippen LogP contribution in [0.2, 0.25) is 0 Å². The average Bonchev–Trinajstić information content (AvgIpc) is 3.31. The SMILES string of the molecule is CCC1(COCCCCCOCc2ccc(-c3c4ccccc4c(-c4ccc(COCCCCCOCC5(CC)COC5)c5ccccc45)c4ccccc34)c3ccccc23)COC1. The first-order valence-corrected chi connectivity index (χ1v) is 24.0. The highest BCUT2D eigenvalue weighted by molar-refractivity contribution is 6.25. The highest BCUT2D eigenvalue weighted by Crippen LogP contribution is 2.47. The number of ether oxygens (including phenoxy) is 6. The van der Waals surface area contributed by atoms with E-state index in [2.05, 4.69) is 135 Å². The Bertz CT molecular complexity index is 2390. The molecule has 0 aromatic heterocycles. The number of hydrogen-bond acceptors (Lipinski definition) is 6. The molecule has 0 spiro atoms. The lowest BCUT2D eigenvalue weighted by Crippen LogP contribution is -2.45. The Morgan fingerprint density at radius 2 is 0.703 bits per heavy atom. The Balaban J connectivity index is 0.908. The standard InChI is InChI=1S/C58H66O6/c1-3-57(39-63-40-57)37-61-33-17-5-15-31-59-35-43-27-29-53(47-21-9-7-19-45(43)47)55-49-23-11-13-25-51(49)56(52-26-14-12-24-50(52)55)54-30-28-44(46-20-8-10-22-48(46)54)36-60-32-16-6-18-34-62-38-58(4-2)41-64-42-58/h7-14,19-30H,3-6,15-18,31-42H2,1-2H3. The molecule has 0 bridgehead atoms. The quantitative estimate of drug-likeness (QED) is 0.0446. The van der Waals surface area contributed by atoms with Crippen LogP contribution in [0.5, 0.6) is 0 Å². The molecule has 9 rings (SSSR count). The zero-order valence-electron chi connectivity index (χ0n) is 38.1. The van der Waals surface area contributed by atoms with E-state index < -0.39 is 0 Å². The lowest BCUT2D eigenvalue weighted by atomic mass is 9.83. The summed E-state index contributed by atoms with van der Waals surface area (Å²) in [5.74, 6) is 0. The molecule has 334 valence electrons.